The number of rotatable bonds is 3. The molecule has 0 spiro atoms. The summed E-state index contributed by atoms with van der Waals surface area (Å²) in [5.41, 5.74) is 10.4. The molecule has 1 heterocycles. The van der Waals surface area contributed by atoms with Gasteiger partial charge < -0.3 is 16.4 Å². The number of hydrogen-bond donors (Lipinski definition) is 2. The van der Waals surface area contributed by atoms with Crippen LogP contribution in [-0.2, 0) is 4.79 Å². The zero-order valence-electron chi connectivity index (χ0n) is 8.25. The summed E-state index contributed by atoms with van der Waals surface area (Å²) in [4.78, 5) is 13.3. The normalized spacial score (nSPS) is 22.9. The molecule has 4 N–H and O–H groups in total. The number of nitrogens with two attached hydrogens (primary N) is 2. The number of carbonyl (C=O) groups excluding carboxylic acids is 1. The second-order valence-corrected chi connectivity index (χ2v) is 3.86. The van der Waals surface area contributed by atoms with E-state index in [1.807, 2.05) is 0 Å². The molecule has 1 amide bonds. The van der Waals surface area contributed by atoms with Crippen LogP contribution in [0.4, 0.5) is 0 Å². The summed E-state index contributed by atoms with van der Waals surface area (Å²) in [6.07, 6.45) is 2.54. The van der Waals surface area contributed by atoms with Gasteiger partial charge in [0.2, 0.25) is 5.91 Å². The standard InChI is InChI=1S/C9H19N3O/c1-2-5-12-6-3-9(11,4-7-12)8(10)13/h2-7,11H2,1H3,(H2,10,13). The third kappa shape index (κ3) is 2.42. The molecule has 0 saturated carbocycles. The summed E-state index contributed by atoms with van der Waals surface area (Å²) in [6, 6.07) is 0. The van der Waals surface area contributed by atoms with Crippen LogP contribution < -0.4 is 11.5 Å². The van der Waals surface area contributed by atoms with Crippen molar-refractivity contribution in [2.75, 3.05) is 19.6 Å². The molecule has 0 aromatic rings. The second-order valence-electron chi connectivity index (χ2n) is 3.86. The summed E-state index contributed by atoms with van der Waals surface area (Å²) >= 11 is 0. The molecular weight excluding hydrogens is 166 g/mol. The highest BCUT2D eigenvalue weighted by atomic mass is 16.1. The van der Waals surface area contributed by atoms with Gasteiger partial charge in [-0.3, -0.25) is 4.79 Å². The lowest BCUT2D eigenvalue weighted by Gasteiger charge is -2.36. The van der Waals surface area contributed by atoms with Gasteiger partial charge in [0, 0.05) is 13.1 Å². The van der Waals surface area contributed by atoms with Crippen LogP contribution >= 0.6 is 0 Å². The number of primary amides is 1. The summed E-state index contributed by atoms with van der Waals surface area (Å²) < 4.78 is 0. The Morgan fingerprint density at radius 3 is 2.38 bits per heavy atom. The summed E-state index contributed by atoms with van der Waals surface area (Å²) in [5.74, 6) is -0.358. The molecular formula is C9H19N3O. The first kappa shape index (κ1) is 10.5. The summed E-state index contributed by atoms with van der Waals surface area (Å²) in [6.45, 7) is 5.04. The van der Waals surface area contributed by atoms with Crippen LogP contribution in [0.25, 0.3) is 0 Å². The van der Waals surface area contributed by atoms with E-state index in [9.17, 15) is 4.79 Å². The highest BCUT2D eigenvalue weighted by Crippen LogP contribution is 2.18. The molecule has 0 bridgehead atoms. The van der Waals surface area contributed by atoms with Gasteiger partial charge in [-0.2, -0.15) is 0 Å². The predicted octanol–water partition coefficient (Wildman–Crippen LogP) is -0.325. The van der Waals surface area contributed by atoms with Crippen molar-refractivity contribution in [3.8, 4) is 0 Å². The first-order valence-corrected chi connectivity index (χ1v) is 4.89. The minimum absolute atomic E-state index is 0.358. The fourth-order valence-corrected chi connectivity index (χ4v) is 1.74. The molecule has 0 aliphatic carbocycles. The van der Waals surface area contributed by atoms with E-state index in [1.165, 1.54) is 0 Å². The van der Waals surface area contributed by atoms with Crippen molar-refractivity contribution >= 4 is 5.91 Å². The van der Waals surface area contributed by atoms with E-state index >= 15 is 0 Å². The molecule has 4 heteroatoms. The highest BCUT2D eigenvalue weighted by Gasteiger charge is 2.35. The average molecular weight is 185 g/mol. The topological polar surface area (TPSA) is 72.3 Å². The largest absolute Gasteiger partial charge is 0.368 e. The number of piperidine rings is 1. The number of nitrogens with zero attached hydrogens (tertiary/aromatic N) is 1. The lowest BCUT2D eigenvalue weighted by Crippen LogP contribution is -2.58. The van der Waals surface area contributed by atoms with Crippen LogP contribution in [0.1, 0.15) is 26.2 Å². The van der Waals surface area contributed by atoms with E-state index in [2.05, 4.69) is 11.8 Å². The molecule has 1 saturated heterocycles. The van der Waals surface area contributed by atoms with Crippen LogP contribution in [0, 0.1) is 0 Å². The third-order valence-electron chi connectivity index (χ3n) is 2.78. The third-order valence-corrected chi connectivity index (χ3v) is 2.78. The Bertz CT molecular complexity index is 185. The molecule has 0 unspecified atom stereocenters. The van der Waals surface area contributed by atoms with Crippen molar-refractivity contribution in [2.24, 2.45) is 11.5 Å². The SMILES string of the molecule is CCCN1CCC(N)(C(N)=O)CC1. The Morgan fingerprint density at radius 2 is 2.00 bits per heavy atom. The van der Waals surface area contributed by atoms with Gasteiger partial charge in [0.05, 0.1) is 5.54 Å². The smallest absolute Gasteiger partial charge is 0.237 e. The predicted molar refractivity (Wildman–Crippen MR) is 52.1 cm³/mol. The Labute approximate surface area is 79.3 Å². The van der Waals surface area contributed by atoms with Gasteiger partial charge in [-0.25, -0.2) is 0 Å². The average Bonchev–Trinajstić information content (AvgIpc) is 2.09. The zero-order chi connectivity index (χ0) is 9.90. The maximum absolute atomic E-state index is 11.0. The monoisotopic (exact) mass is 185 g/mol. The van der Waals surface area contributed by atoms with Crippen molar-refractivity contribution in [2.45, 2.75) is 31.7 Å². The van der Waals surface area contributed by atoms with Crippen LogP contribution in [0.5, 0.6) is 0 Å². The molecule has 0 radical (unpaired) electrons. The molecule has 1 rings (SSSR count). The van der Waals surface area contributed by atoms with Gasteiger partial charge in [0.15, 0.2) is 0 Å². The minimum atomic E-state index is -0.746. The number of amides is 1. The van der Waals surface area contributed by atoms with Crippen LogP contribution in [0.2, 0.25) is 0 Å². The van der Waals surface area contributed by atoms with E-state index in [1.54, 1.807) is 0 Å². The van der Waals surface area contributed by atoms with E-state index in [0.717, 1.165) is 26.1 Å². The molecule has 1 aliphatic rings. The van der Waals surface area contributed by atoms with Crippen molar-refractivity contribution < 1.29 is 4.79 Å². The molecule has 4 nitrogen and oxygen atoms in total. The fraction of sp³-hybridized carbons (Fsp3) is 0.889. The summed E-state index contributed by atoms with van der Waals surface area (Å²) in [7, 11) is 0. The van der Waals surface area contributed by atoms with E-state index in [4.69, 9.17) is 11.5 Å². The summed E-state index contributed by atoms with van der Waals surface area (Å²) in [5, 5.41) is 0. The van der Waals surface area contributed by atoms with E-state index in [-0.39, 0.29) is 5.91 Å². The lowest BCUT2D eigenvalue weighted by molar-refractivity contribution is -0.124. The lowest BCUT2D eigenvalue weighted by atomic mass is 9.88. The zero-order valence-corrected chi connectivity index (χ0v) is 8.25. The van der Waals surface area contributed by atoms with Crippen LogP contribution in [0.3, 0.4) is 0 Å². The number of hydrogen-bond acceptors (Lipinski definition) is 3. The van der Waals surface area contributed by atoms with Gasteiger partial charge in [0.25, 0.3) is 0 Å². The van der Waals surface area contributed by atoms with Crippen LogP contribution in [-0.4, -0.2) is 36.0 Å². The first-order chi connectivity index (χ1) is 6.08. The molecule has 1 aliphatic heterocycles. The molecule has 0 aromatic carbocycles. The molecule has 0 aromatic heterocycles. The van der Waals surface area contributed by atoms with E-state index in [0.29, 0.717) is 12.8 Å². The Morgan fingerprint density at radius 1 is 1.46 bits per heavy atom. The van der Waals surface area contributed by atoms with Crippen molar-refractivity contribution in [3.05, 3.63) is 0 Å². The van der Waals surface area contributed by atoms with Gasteiger partial charge in [0.1, 0.15) is 0 Å². The highest BCUT2D eigenvalue weighted by molar-refractivity contribution is 5.84. The van der Waals surface area contributed by atoms with Gasteiger partial charge in [-0.15, -0.1) is 0 Å². The first-order valence-electron chi connectivity index (χ1n) is 4.89. The maximum atomic E-state index is 11.0. The quantitative estimate of drug-likeness (QED) is 0.632. The number of likely N-dealkylation sites (tertiary alicyclic amines) is 1. The Kier molecular flexibility index (Phi) is 3.27. The molecule has 13 heavy (non-hydrogen) atoms. The molecule has 0 atom stereocenters. The fourth-order valence-electron chi connectivity index (χ4n) is 1.74. The van der Waals surface area contributed by atoms with Crippen molar-refractivity contribution in [1.82, 2.24) is 4.90 Å². The number of carbonyl (C=O) groups is 1. The Balaban J connectivity index is 2.42. The Hall–Kier alpha value is -0.610. The van der Waals surface area contributed by atoms with Gasteiger partial charge in [-0.05, 0) is 25.8 Å². The van der Waals surface area contributed by atoms with Crippen molar-refractivity contribution in [3.63, 3.8) is 0 Å². The van der Waals surface area contributed by atoms with Gasteiger partial charge in [-0.1, -0.05) is 6.92 Å². The van der Waals surface area contributed by atoms with Crippen molar-refractivity contribution in [1.29, 1.82) is 0 Å². The molecule has 1 fully saturated rings. The minimum Gasteiger partial charge on any atom is -0.368 e. The van der Waals surface area contributed by atoms with Gasteiger partial charge >= 0.3 is 0 Å². The van der Waals surface area contributed by atoms with Crippen LogP contribution in [0.15, 0.2) is 0 Å². The maximum Gasteiger partial charge on any atom is 0.237 e. The van der Waals surface area contributed by atoms with E-state index < -0.39 is 5.54 Å². The molecule has 76 valence electrons. The second kappa shape index (κ2) is 4.07.